The third-order valence-corrected chi connectivity index (χ3v) is 4.32. The molecule has 1 fully saturated rings. The van der Waals surface area contributed by atoms with Gasteiger partial charge in [-0.3, -0.25) is 14.5 Å². The monoisotopic (exact) mass is 280 g/mol. The van der Waals surface area contributed by atoms with Gasteiger partial charge in [-0.1, -0.05) is 6.08 Å². The van der Waals surface area contributed by atoms with Crippen LogP contribution in [0.15, 0.2) is 11.8 Å². The second-order valence-electron chi connectivity index (χ2n) is 5.86. The van der Waals surface area contributed by atoms with Crippen LogP contribution in [0.1, 0.15) is 38.5 Å². The van der Waals surface area contributed by atoms with Crippen molar-refractivity contribution in [2.24, 2.45) is 5.92 Å². The molecule has 1 amide bonds. The summed E-state index contributed by atoms with van der Waals surface area (Å²) in [7, 11) is 1.86. The summed E-state index contributed by atoms with van der Waals surface area (Å²) in [5, 5.41) is 8.70. The van der Waals surface area contributed by atoms with Gasteiger partial charge >= 0.3 is 5.97 Å². The Morgan fingerprint density at radius 1 is 1.50 bits per heavy atom. The number of aliphatic carboxylic acids is 1. The van der Waals surface area contributed by atoms with E-state index >= 15 is 0 Å². The highest BCUT2D eigenvalue weighted by molar-refractivity contribution is 5.79. The topological polar surface area (TPSA) is 60.9 Å². The zero-order chi connectivity index (χ0) is 14.5. The summed E-state index contributed by atoms with van der Waals surface area (Å²) >= 11 is 0. The molecule has 5 heteroatoms. The molecule has 0 aromatic carbocycles. The fourth-order valence-corrected chi connectivity index (χ4v) is 3.04. The van der Waals surface area contributed by atoms with Crippen LogP contribution in [0, 0.1) is 5.92 Å². The molecule has 1 atom stereocenters. The molecule has 0 aromatic heterocycles. The van der Waals surface area contributed by atoms with E-state index < -0.39 is 5.97 Å². The molecule has 1 N–H and O–H groups in total. The van der Waals surface area contributed by atoms with E-state index in [0.29, 0.717) is 12.5 Å². The Morgan fingerprint density at radius 2 is 2.30 bits per heavy atom. The van der Waals surface area contributed by atoms with E-state index in [-0.39, 0.29) is 12.3 Å². The maximum Gasteiger partial charge on any atom is 0.303 e. The standard InChI is InChI=1S/C15H24N2O3/c1-16(13-4-2-3-5-13)14(18)11-17-9-8-12(10-17)6-7-15(19)20/h4,12H,2-3,5-11H2,1H3,(H,19,20). The first-order chi connectivity index (χ1) is 9.56. The second kappa shape index (κ2) is 6.88. The molecule has 2 aliphatic rings. The predicted molar refractivity (Wildman–Crippen MR) is 76.1 cm³/mol. The smallest absolute Gasteiger partial charge is 0.303 e. The average molecular weight is 280 g/mol. The molecule has 1 aliphatic carbocycles. The summed E-state index contributed by atoms with van der Waals surface area (Å²) in [4.78, 5) is 26.7. The fraction of sp³-hybridized carbons (Fsp3) is 0.733. The molecular weight excluding hydrogens is 256 g/mol. The van der Waals surface area contributed by atoms with Gasteiger partial charge < -0.3 is 10.0 Å². The molecule has 5 nitrogen and oxygen atoms in total. The third-order valence-electron chi connectivity index (χ3n) is 4.32. The van der Waals surface area contributed by atoms with E-state index in [4.69, 9.17) is 5.11 Å². The van der Waals surface area contributed by atoms with Crippen molar-refractivity contribution in [1.82, 2.24) is 9.80 Å². The van der Waals surface area contributed by atoms with Crippen LogP contribution < -0.4 is 0 Å². The Kier molecular flexibility index (Phi) is 5.17. The SMILES string of the molecule is CN(C(=O)CN1CCC(CCC(=O)O)C1)C1=CCCC1. The van der Waals surface area contributed by atoms with E-state index in [2.05, 4.69) is 11.0 Å². The number of carboxylic acids is 1. The van der Waals surface area contributed by atoms with Crippen molar-refractivity contribution in [3.8, 4) is 0 Å². The van der Waals surface area contributed by atoms with Crippen LogP contribution in [0.4, 0.5) is 0 Å². The molecule has 1 unspecified atom stereocenters. The number of nitrogens with zero attached hydrogens (tertiary/aromatic N) is 2. The number of hydrogen-bond donors (Lipinski definition) is 1. The first kappa shape index (κ1) is 15.0. The zero-order valence-electron chi connectivity index (χ0n) is 12.2. The highest BCUT2D eigenvalue weighted by atomic mass is 16.4. The highest BCUT2D eigenvalue weighted by Crippen LogP contribution is 2.23. The lowest BCUT2D eigenvalue weighted by atomic mass is 10.0. The zero-order valence-corrected chi connectivity index (χ0v) is 12.2. The van der Waals surface area contributed by atoms with E-state index in [9.17, 15) is 9.59 Å². The Balaban J connectivity index is 1.74. The third kappa shape index (κ3) is 4.07. The number of likely N-dealkylation sites (N-methyl/N-ethyl adjacent to an activating group) is 1. The fourth-order valence-electron chi connectivity index (χ4n) is 3.04. The molecule has 0 bridgehead atoms. The molecule has 0 spiro atoms. The summed E-state index contributed by atoms with van der Waals surface area (Å²) in [6.45, 7) is 2.21. The van der Waals surface area contributed by atoms with Crippen molar-refractivity contribution in [3.05, 3.63) is 11.8 Å². The number of carbonyl (C=O) groups excluding carboxylic acids is 1. The van der Waals surface area contributed by atoms with Crippen molar-refractivity contribution < 1.29 is 14.7 Å². The predicted octanol–water partition coefficient (Wildman–Crippen LogP) is 1.70. The number of hydrogen-bond acceptors (Lipinski definition) is 3. The summed E-state index contributed by atoms with van der Waals surface area (Å²) in [6.07, 6.45) is 7.34. The Bertz CT molecular complexity index is 406. The number of carbonyl (C=O) groups is 2. The van der Waals surface area contributed by atoms with Crippen molar-refractivity contribution in [3.63, 3.8) is 0 Å². The van der Waals surface area contributed by atoms with Gasteiger partial charge in [-0.25, -0.2) is 0 Å². The maximum atomic E-state index is 12.2. The molecule has 1 aliphatic heterocycles. The molecule has 0 aromatic rings. The Labute approximate surface area is 120 Å². The van der Waals surface area contributed by atoms with Gasteiger partial charge in [-0.15, -0.1) is 0 Å². The number of likely N-dealkylation sites (tertiary alicyclic amines) is 1. The Morgan fingerprint density at radius 3 is 2.95 bits per heavy atom. The quantitative estimate of drug-likeness (QED) is 0.804. The van der Waals surface area contributed by atoms with Crippen LogP contribution in [0.2, 0.25) is 0 Å². The summed E-state index contributed by atoms with van der Waals surface area (Å²) < 4.78 is 0. The van der Waals surface area contributed by atoms with Gasteiger partial charge in [-0.2, -0.15) is 0 Å². The molecule has 1 heterocycles. The first-order valence-electron chi connectivity index (χ1n) is 7.46. The van der Waals surface area contributed by atoms with Crippen molar-refractivity contribution in [2.75, 3.05) is 26.7 Å². The molecular formula is C15H24N2O3. The second-order valence-corrected chi connectivity index (χ2v) is 5.86. The van der Waals surface area contributed by atoms with Crippen LogP contribution >= 0.6 is 0 Å². The van der Waals surface area contributed by atoms with Gasteiger partial charge in [-0.05, 0) is 44.6 Å². The van der Waals surface area contributed by atoms with Crippen LogP contribution in [0.5, 0.6) is 0 Å². The van der Waals surface area contributed by atoms with Crippen LogP contribution in [0.25, 0.3) is 0 Å². The van der Waals surface area contributed by atoms with Gasteiger partial charge in [0.15, 0.2) is 0 Å². The molecule has 112 valence electrons. The highest BCUT2D eigenvalue weighted by Gasteiger charge is 2.26. The van der Waals surface area contributed by atoms with Crippen LogP contribution in [-0.4, -0.2) is 53.5 Å². The van der Waals surface area contributed by atoms with E-state index in [1.807, 2.05) is 7.05 Å². The van der Waals surface area contributed by atoms with Crippen molar-refractivity contribution >= 4 is 11.9 Å². The average Bonchev–Trinajstić information content (AvgIpc) is 3.06. The van der Waals surface area contributed by atoms with Gasteiger partial charge in [0.25, 0.3) is 0 Å². The van der Waals surface area contributed by atoms with E-state index in [1.54, 1.807) is 4.90 Å². The first-order valence-corrected chi connectivity index (χ1v) is 7.46. The lowest BCUT2D eigenvalue weighted by molar-refractivity contribution is -0.137. The summed E-state index contributed by atoms with van der Waals surface area (Å²) in [5.74, 6) is -0.153. The lowest BCUT2D eigenvalue weighted by Gasteiger charge is -2.22. The number of rotatable bonds is 6. The minimum Gasteiger partial charge on any atom is -0.481 e. The minimum absolute atomic E-state index is 0.150. The van der Waals surface area contributed by atoms with E-state index in [0.717, 1.165) is 50.9 Å². The molecule has 0 radical (unpaired) electrons. The largest absolute Gasteiger partial charge is 0.481 e. The van der Waals surface area contributed by atoms with Gasteiger partial charge in [0, 0.05) is 25.7 Å². The van der Waals surface area contributed by atoms with Crippen LogP contribution in [0.3, 0.4) is 0 Å². The summed E-state index contributed by atoms with van der Waals surface area (Å²) in [5.41, 5.74) is 1.15. The number of allylic oxidation sites excluding steroid dienone is 2. The molecule has 1 saturated heterocycles. The Hall–Kier alpha value is -1.36. The van der Waals surface area contributed by atoms with Gasteiger partial charge in [0.1, 0.15) is 0 Å². The van der Waals surface area contributed by atoms with Gasteiger partial charge in [0.2, 0.25) is 5.91 Å². The van der Waals surface area contributed by atoms with E-state index in [1.165, 1.54) is 0 Å². The van der Waals surface area contributed by atoms with Crippen molar-refractivity contribution in [1.29, 1.82) is 0 Å². The minimum atomic E-state index is -0.729. The van der Waals surface area contributed by atoms with Gasteiger partial charge in [0.05, 0.1) is 6.54 Å². The number of carboxylic acid groups (broad SMARTS) is 1. The maximum absolute atomic E-state index is 12.2. The number of amides is 1. The van der Waals surface area contributed by atoms with Crippen LogP contribution in [-0.2, 0) is 9.59 Å². The summed E-state index contributed by atoms with van der Waals surface area (Å²) in [6, 6.07) is 0. The lowest BCUT2D eigenvalue weighted by Crippen LogP contribution is -2.36. The molecule has 0 saturated carbocycles. The van der Waals surface area contributed by atoms with Crippen molar-refractivity contribution in [2.45, 2.75) is 38.5 Å². The molecule has 20 heavy (non-hydrogen) atoms. The molecule has 2 rings (SSSR count). The normalized spacial score (nSPS) is 22.9.